The fraction of sp³-hybridized carbons (Fsp3) is 0.353. The number of esters is 1. The highest BCUT2D eigenvalue weighted by molar-refractivity contribution is 6.06. The van der Waals surface area contributed by atoms with Crippen molar-refractivity contribution in [3.8, 4) is 11.5 Å². The van der Waals surface area contributed by atoms with Crippen molar-refractivity contribution in [2.45, 2.75) is 43.4 Å². The Morgan fingerprint density at radius 3 is 1.73 bits per heavy atom. The van der Waals surface area contributed by atoms with Crippen LogP contribution in [0.3, 0.4) is 0 Å². The number of rotatable bonds is 11. The second-order valence-electron chi connectivity index (χ2n) is 11.2. The van der Waals surface area contributed by atoms with Gasteiger partial charge >= 0.3 is 11.9 Å². The number of likely N-dealkylation sites (tertiary alicyclic amines) is 1. The summed E-state index contributed by atoms with van der Waals surface area (Å²) in [7, 11) is 3.15. The lowest BCUT2D eigenvalue weighted by Gasteiger charge is -2.42. The largest absolute Gasteiger partial charge is 0.497 e. The molecule has 3 saturated heterocycles. The van der Waals surface area contributed by atoms with E-state index in [1.165, 1.54) is 6.92 Å². The number of carbonyl (C=O) groups excluding carboxylic acids is 3. The van der Waals surface area contributed by atoms with Crippen LogP contribution in [0.15, 0.2) is 78.9 Å². The third-order valence-corrected chi connectivity index (χ3v) is 8.82. The Morgan fingerprint density at radius 1 is 0.778 bits per heavy atom. The first-order valence-corrected chi connectivity index (χ1v) is 14.6. The average molecular weight is 616 g/mol. The minimum atomic E-state index is -1.32. The van der Waals surface area contributed by atoms with Crippen LogP contribution >= 0.6 is 0 Å². The van der Waals surface area contributed by atoms with Crippen LogP contribution in [0.5, 0.6) is 11.5 Å². The van der Waals surface area contributed by atoms with E-state index in [1.54, 1.807) is 14.2 Å². The first-order valence-electron chi connectivity index (χ1n) is 14.6. The number of fused-ring (bicyclic) bond motifs is 5. The summed E-state index contributed by atoms with van der Waals surface area (Å²) in [4.78, 5) is 51.7. The monoisotopic (exact) mass is 615 g/mol. The molecule has 6 atom stereocenters. The zero-order chi connectivity index (χ0) is 31.9. The third kappa shape index (κ3) is 5.11. The lowest BCUT2D eigenvalue weighted by Crippen LogP contribution is -2.54. The number of carboxylic acid groups (broad SMARTS) is 1. The Labute approximate surface area is 259 Å². The van der Waals surface area contributed by atoms with Crippen LogP contribution < -0.4 is 9.47 Å². The lowest BCUT2D eigenvalue weighted by atomic mass is 9.76. The highest BCUT2D eigenvalue weighted by atomic mass is 16.6. The second kappa shape index (κ2) is 12.0. The van der Waals surface area contributed by atoms with Crippen LogP contribution in [0.1, 0.15) is 30.0 Å². The van der Waals surface area contributed by atoms with Crippen molar-refractivity contribution in [2.75, 3.05) is 20.8 Å². The van der Waals surface area contributed by atoms with Gasteiger partial charge in [0, 0.05) is 13.5 Å². The average Bonchev–Trinajstić information content (AvgIpc) is 3.67. The Morgan fingerprint density at radius 2 is 1.27 bits per heavy atom. The van der Waals surface area contributed by atoms with Gasteiger partial charge in [0.25, 0.3) is 0 Å². The lowest BCUT2D eigenvalue weighted by molar-refractivity contribution is -0.169. The first kappa shape index (κ1) is 30.3. The Bertz CT molecular complexity index is 1540. The molecule has 3 fully saturated rings. The van der Waals surface area contributed by atoms with Crippen molar-refractivity contribution in [2.24, 2.45) is 11.8 Å². The summed E-state index contributed by atoms with van der Waals surface area (Å²) in [5, 5.41) is 9.20. The number of carbonyl (C=O) groups is 4. The van der Waals surface area contributed by atoms with E-state index in [0.717, 1.165) is 21.6 Å². The Hall–Kier alpha value is -4.74. The number of aliphatic carboxylic acids is 1. The molecule has 0 aromatic heterocycles. The number of amides is 2. The molecule has 3 aliphatic heterocycles. The predicted molar refractivity (Wildman–Crippen MR) is 157 cm³/mol. The van der Waals surface area contributed by atoms with Gasteiger partial charge in [-0.1, -0.05) is 54.6 Å². The van der Waals surface area contributed by atoms with Crippen LogP contribution in [-0.2, 0) is 39.0 Å². The number of methoxy groups -OCH3 is 2. The van der Waals surface area contributed by atoms with Gasteiger partial charge in [0.1, 0.15) is 35.4 Å². The van der Waals surface area contributed by atoms with Gasteiger partial charge in [0.05, 0.1) is 32.5 Å². The minimum absolute atomic E-state index is 0.255. The van der Waals surface area contributed by atoms with Gasteiger partial charge < -0.3 is 28.8 Å². The zero-order valence-electron chi connectivity index (χ0n) is 25.0. The van der Waals surface area contributed by atoms with Crippen LogP contribution in [-0.4, -0.2) is 78.9 Å². The van der Waals surface area contributed by atoms with Gasteiger partial charge in [-0.15, -0.1) is 0 Å². The van der Waals surface area contributed by atoms with Gasteiger partial charge in [0.2, 0.25) is 11.8 Å². The molecule has 6 rings (SSSR count). The van der Waals surface area contributed by atoms with Crippen LogP contribution in [0.2, 0.25) is 0 Å². The van der Waals surface area contributed by atoms with Crippen LogP contribution in [0.25, 0.3) is 0 Å². The number of benzene rings is 3. The fourth-order valence-corrected chi connectivity index (χ4v) is 6.87. The SMILES string of the molecule is COc1ccc(C(O[C@@H]2C3OC(C4C(=O)N(CCC(=O)O)C(=O)C43)[C@@H]2OC(C)=O)(c2ccccc2)c2ccc(OC)cc2)cc1. The van der Waals surface area contributed by atoms with E-state index >= 15 is 0 Å². The van der Waals surface area contributed by atoms with Crippen molar-refractivity contribution in [1.29, 1.82) is 0 Å². The molecule has 45 heavy (non-hydrogen) atoms. The van der Waals surface area contributed by atoms with E-state index < -0.39 is 65.6 Å². The van der Waals surface area contributed by atoms with E-state index in [4.69, 9.17) is 23.7 Å². The first-order chi connectivity index (χ1) is 21.7. The summed E-state index contributed by atoms with van der Waals surface area (Å²) in [5.41, 5.74) is 0.869. The molecule has 0 spiro atoms. The van der Waals surface area contributed by atoms with Gasteiger partial charge in [-0.05, 0) is 41.0 Å². The van der Waals surface area contributed by atoms with Gasteiger partial charge in [-0.25, -0.2) is 0 Å². The summed E-state index contributed by atoms with van der Waals surface area (Å²) in [5.74, 6) is -3.35. The molecule has 3 aromatic carbocycles. The molecule has 4 unspecified atom stereocenters. The maximum atomic E-state index is 13.6. The molecule has 0 aliphatic carbocycles. The van der Waals surface area contributed by atoms with E-state index in [0.29, 0.717) is 11.5 Å². The summed E-state index contributed by atoms with van der Waals surface area (Å²) in [6, 6.07) is 24.3. The predicted octanol–water partition coefficient (Wildman–Crippen LogP) is 3.17. The zero-order valence-corrected chi connectivity index (χ0v) is 25.0. The van der Waals surface area contributed by atoms with Crippen LogP contribution in [0.4, 0.5) is 0 Å². The van der Waals surface area contributed by atoms with E-state index in [-0.39, 0.29) is 13.0 Å². The maximum absolute atomic E-state index is 13.6. The third-order valence-electron chi connectivity index (χ3n) is 8.82. The second-order valence-corrected chi connectivity index (χ2v) is 11.2. The number of hydrogen-bond donors (Lipinski definition) is 1. The molecule has 11 nitrogen and oxygen atoms in total. The van der Waals surface area contributed by atoms with Gasteiger partial charge in [0.15, 0.2) is 6.10 Å². The number of imide groups is 1. The van der Waals surface area contributed by atoms with Gasteiger partial charge in [-0.2, -0.15) is 0 Å². The van der Waals surface area contributed by atoms with Crippen molar-refractivity contribution in [3.63, 3.8) is 0 Å². The smallest absolute Gasteiger partial charge is 0.305 e. The summed E-state index contributed by atoms with van der Waals surface area (Å²) >= 11 is 0. The molecule has 2 bridgehead atoms. The Balaban J connectivity index is 1.49. The summed E-state index contributed by atoms with van der Waals surface area (Å²) in [6.45, 7) is 1.01. The van der Waals surface area contributed by atoms with Crippen LogP contribution in [0, 0.1) is 11.8 Å². The highest BCUT2D eigenvalue weighted by Gasteiger charge is 2.71. The molecule has 2 amide bonds. The molecule has 1 N–H and O–H groups in total. The summed E-state index contributed by atoms with van der Waals surface area (Å²) < 4.78 is 30.2. The molecule has 3 aromatic rings. The van der Waals surface area contributed by atoms with E-state index in [2.05, 4.69) is 0 Å². The van der Waals surface area contributed by atoms with Crippen molar-refractivity contribution < 1.29 is 48.0 Å². The standard InChI is InChI=1S/C34H33NO10/c1-19(36)43-30-28-26-27(33(40)35(32(26)39)18-17-25(37)38)29(44-28)31(30)45-34(20-7-5-4-6-8-20,21-9-13-23(41-2)14-10-21)22-11-15-24(42-3)16-12-22/h4-16,26-31H,17-18H2,1-3H3,(H,37,38)/t26?,27?,28?,29?,30-,31+/m0/s1. The molecular weight excluding hydrogens is 582 g/mol. The van der Waals surface area contributed by atoms with Crippen molar-refractivity contribution >= 4 is 23.8 Å². The normalized spacial score (nSPS) is 25.3. The van der Waals surface area contributed by atoms with Gasteiger partial charge in [-0.3, -0.25) is 24.1 Å². The summed E-state index contributed by atoms with van der Waals surface area (Å²) in [6.07, 6.45) is -4.30. The molecule has 3 heterocycles. The van der Waals surface area contributed by atoms with Crippen molar-refractivity contribution in [3.05, 3.63) is 95.6 Å². The van der Waals surface area contributed by atoms with Crippen molar-refractivity contribution in [1.82, 2.24) is 4.90 Å². The maximum Gasteiger partial charge on any atom is 0.305 e. The molecule has 0 radical (unpaired) electrons. The molecule has 0 saturated carbocycles. The van der Waals surface area contributed by atoms with E-state index in [9.17, 15) is 24.3 Å². The highest BCUT2D eigenvalue weighted by Crippen LogP contribution is 2.54. The van der Waals surface area contributed by atoms with E-state index in [1.807, 2.05) is 78.9 Å². The number of ether oxygens (including phenoxy) is 5. The Kier molecular flexibility index (Phi) is 8.07. The quantitative estimate of drug-likeness (QED) is 0.195. The number of hydrogen-bond acceptors (Lipinski definition) is 9. The number of carboxylic acids is 1. The molecule has 11 heteroatoms. The fourth-order valence-electron chi connectivity index (χ4n) is 6.87. The molecule has 3 aliphatic rings. The number of nitrogens with zero attached hydrogens (tertiary/aromatic N) is 1. The molecule has 234 valence electrons. The minimum Gasteiger partial charge on any atom is -0.497 e. The topological polar surface area (TPSA) is 138 Å². The molecular formula is C34H33NO10.